The van der Waals surface area contributed by atoms with Gasteiger partial charge in [0.25, 0.3) is 5.91 Å². The van der Waals surface area contributed by atoms with Crippen LogP contribution in [0, 0.1) is 19.8 Å². The zero-order chi connectivity index (χ0) is 25.1. The number of ether oxygens (including phenoxy) is 3. The first-order valence-corrected chi connectivity index (χ1v) is 11.9. The molecule has 0 aliphatic carbocycles. The van der Waals surface area contributed by atoms with Gasteiger partial charge in [-0.1, -0.05) is 32.0 Å². The van der Waals surface area contributed by atoms with E-state index in [9.17, 15) is 9.59 Å². The van der Waals surface area contributed by atoms with E-state index in [0.29, 0.717) is 31.1 Å². The number of carbonyl (C=O) groups excluding carboxylic acids is 2. The molecule has 8 heteroatoms. The molecule has 2 aromatic rings. The number of carbonyl (C=O) groups is 2. The molecule has 0 N–H and O–H groups in total. The molecule has 1 atom stereocenters. The normalized spacial score (nSPS) is 16.6. The first-order chi connectivity index (χ1) is 16.8. The lowest BCUT2D eigenvalue weighted by Gasteiger charge is -2.28. The fraction of sp³-hybridized carbons (Fsp3) is 0.444. The largest absolute Gasteiger partial charge is 0.454 e. The summed E-state index contributed by atoms with van der Waals surface area (Å²) in [5, 5.41) is 6.30. The second-order valence-electron chi connectivity index (χ2n) is 9.32. The predicted molar refractivity (Wildman–Crippen MR) is 133 cm³/mol. The van der Waals surface area contributed by atoms with E-state index >= 15 is 0 Å². The Kier molecular flexibility index (Phi) is 7.40. The Morgan fingerprint density at radius 1 is 1.11 bits per heavy atom. The van der Waals surface area contributed by atoms with E-state index in [1.165, 1.54) is 16.1 Å². The van der Waals surface area contributed by atoms with Crippen LogP contribution < -0.4 is 9.47 Å². The molecule has 2 aliphatic rings. The molecule has 0 saturated heterocycles. The number of aryl methyl sites for hydroxylation is 2. The van der Waals surface area contributed by atoms with Crippen molar-refractivity contribution in [1.82, 2.24) is 9.91 Å². The molecule has 2 heterocycles. The highest BCUT2D eigenvalue weighted by molar-refractivity contribution is 6.03. The molecule has 2 aromatic carbocycles. The summed E-state index contributed by atoms with van der Waals surface area (Å²) in [4.78, 5) is 27.9. The third kappa shape index (κ3) is 5.32. The lowest BCUT2D eigenvalue weighted by molar-refractivity contribution is -0.143. The third-order valence-electron chi connectivity index (χ3n) is 6.48. The van der Waals surface area contributed by atoms with Gasteiger partial charge in [-0.2, -0.15) is 5.10 Å². The van der Waals surface area contributed by atoms with Crippen LogP contribution in [0.3, 0.4) is 0 Å². The monoisotopic (exact) mass is 479 g/mol. The second kappa shape index (κ2) is 10.5. The van der Waals surface area contributed by atoms with Crippen LogP contribution in [0.5, 0.6) is 11.5 Å². The molecule has 0 unspecified atom stereocenters. The minimum absolute atomic E-state index is 0.0644. The van der Waals surface area contributed by atoms with E-state index in [-0.39, 0.29) is 37.1 Å². The Bertz CT molecular complexity index is 1140. The van der Waals surface area contributed by atoms with Crippen LogP contribution in [-0.4, -0.2) is 61.0 Å². The van der Waals surface area contributed by atoms with Gasteiger partial charge < -0.3 is 19.1 Å². The Hall–Kier alpha value is -3.39. The first kappa shape index (κ1) is 24.7. The van der Waals surface area contributed by atoms with Crippen LogP contribution in [0.1, 0.15) is 48.6 Å². The number of hydrogen-bond acceptors (Lipinski definition) is 6. The van der Waals surface area contributed by atoms with Gasteiger partial charge in [-0.25, -0.2) is 5.01 Å². The van der Waals surface area contributed by atoms with E-state index in [0.717, 1.165) is 16.8 Å². The number of fused-ring (bicyclic) bond motifs is 1. The van der Waals surface area contributed by atoms with Gasteiger partial charge in [0.15, 0.2) is 11.5 Å². The van der Waals surface area contributed by atoms with Crippen LogP contribution in [0.15, 0.2) is 41.5 Å². The fourth-order valence-corrected chi connectivity index (χ4v) is 4.29. The van der Waals surface area contributed by atoms with Crippen LogP contribution in [-0.2, 0) is 14.3 Å². The summed E-state index contributed by atoms with van der Waals surface area (Å²) in [6.07, 6.45) is 0.560. The summed E-state index contributed by atoms with van der Waals surface area (Å²) in [5.41, 5.74) is 5.10. The molecule has 0 fully saturated rings. The summed E-state index contributed by atoms with van der Waals surface area (Å²) in [7, 11) is 1.58. The molecule has 35 heavy (non-hydrogen) atoms. The number of hydrogen-bond donors (Lipinski definition) is 0. The molecule has 0 bridgehead atoms. The summed E-state index contributed by atoms with van der Waals surface area (Å²) < 4.78 is 16.2. The molecule has 0 aromatic heterocycles. The van der Waals surface area contributed by atoms with E-state index in [4.69, 9.17) is 19.3 Å². The summed E-state index contributed by atoms with van der Waals surface area (Å²) in [5.74, 6) is 0.793. The van der Waals surface area contributed by atoms with Crippen molar-refractivity contribution >= 4 is 17.5 Å². The summed E-state index contributed by atoms with van der Waals surface area (Å²) in [6, 6.07) is 11.6. The maximum absolute atomic E-state index is 13.6. The molecule has 2 amide bonds. The van der Waals surface area contributed by atoms with Gasteiger partial charge in [-0.3, -0.25) is 9.59 Å². The van der Waals surface area contributed by atoms with Gasteiger partial charge in [0, 0.05) is 26.0 Å². The van der Waals surface area contributed by atoms with Gasteiger partial charge in [-0.05, 0) is 54.3 Å². The van der Waals surface area contributed by atoms with Crippen LogP contribution >= 0.6 is 0 Å². The van der Waals surface area contributed by atoms with Gasteiger partial charge in [0.05, 0.1) is 18.4 Å². The minimum atomic E-state index is -0.313. The van der Waals surface area contributed by atoms with Crippen LogP contribution in [0.25, 0.3) is 0 Å². The predicted octanol–water partition coefficient (Wildman–Crippen LogP) is 3.84. The van der Waals surface area contributed by atoms with Gasteiger partial charge in [0.1, 0.15) is 6.54 Å². The van der Waals surface area contributed by atoms with Crippen molar-refractivity contribution < 1.29 is 23.8 Å². The minimum Gasteiger partial charge on any atom is -0.454 e. The number of methoxy groups -OCH3 is 1. The highest BCUT2D eigenvalue weighted by atomic mass is 16.7. The topological polar surface area (TPSA) is 80.7 Å². The molecule has 2 aliphatic heterocycles. The fourth-order valence-electron chi connectivity index (χ4n) is 4.29. The molecule has 4 rings (SSSR count). The second-order valence-corrected chi connectivity index (χ2v) is 9.32. The number of amides is 2. The van der Waals surface area contributed by atoms with Gasteiger partial charge in [0.2, 0.25) is 12.7 Å². The average Bonchev–Trinajstić information content (AvgIpc) is 3.49. The average molecular weight is 480 g/mol. The molecule has 0 spiro atoms. The zero-order valence-corrected chi connectivity index (χ0v) is 21.0. The molecule has 0 radical (unpaired) electrons. The Morgan fingerprint density at radius 3 is 2.60 bits per heavy atom. The highest BCUT2D eigenvalue weighted by Crippen LogP contribution is 2.39. The number of hydrazone groups is 1. The smallest absolute Gasteiger partial charge is 0.262 e. The molecule has 0 saturated carbocycles. The Balaban J connectivity index is 1.65. The van der Waals surface area contributed by atoms with E-state index in [1.807, 2.05) is 38.1 Å². The van der Waals surface area contributed by atoms with Gasteiger partial charge in [-0.15, -0.1) is 0 Å². The molecular formula is C27H33N3O5. The van der Waals surface area contributed by atoms with Crippen molar-refractivity contribution in [2.24, 2.45) is 11.0 Å². The SMILES string of the molecule is COCCN(CC(=O)N1N=C(c2ccc(C)c(C)c2)C[C@@H]1c1ccc2c(c1)OCO2)C(=O)C(C)C. The summed E-state index contributed by atoms with van der Waals surface area (Å²) in [6.45, 7) is 8.61. The maximum atomic E-state index is 13.6. The lowest BCUT2D eigenvalue weighted by atomic mass is 9.96. The van der Waals surface area contributed by atoms with E-state index < -0.39 is 0 Å². The van der Waals surface area contributed by atoms with Crippen molar-refractivity contribution in [3.63, 3.8) is 0 Å². The van der Waals surface area contributed by atoms with Crippen molar-refractivity contribution in [3.05, 3.63) is 58.7 Å². The van der Waals surface area contributed by atoms with E-state index in [1.54, 1.807) is 12.0 Å². The zero-order valence-electron chi connectivity index (χ0n) is 21.0. The standard InChI is InChI=1S/C27H33N3O5/c1-17(2)27(32)29(10-11-33-5)15-26(31)30-23(21-8-9-24-25(13-21)35-16-34-24)14-22(28-30)20-7-6-18(3)19(4)12-20/h6-9,12-13,17,23H,10-11,14-16H2,1-5H3/t23-/m1/s1. The Labute approximate surface area is 206 Å². The number of nitrogens with zero attached hydrogens (tertiary/aromatic N) is 3. The Morgan fingerprint density at radius 2 is 1.89 bits per heavy atom. The molecular weight excluding hydrogens is 446 g/mol. The summed E-state index contributed by atoms with van der Waals surface area (Å²) >= 11 is 0. The van der Waals surface area contributed by atoms with Crippen LogP contribution in [0.2, 0.25) is 0 Å². The third-order valence-corrected chi connectivity index (χ3v) is 6.48. The quantitative estimate of drug-likeness (QED) is 0.575. The number of rotatable bonds is 8. The lowest BCUT2D eigenvalue weighted by Crippen LogP contribution is -2.44. The van der Waals surface area contributed by atoms with Crippen molar-refractivity contribution in [1.29, 1.82) is 0 Å². The molecule has 186 valence electrons. The van der Waals surface area contributed by atoms with Crippen molar-refractivity contribution in [3.8, 4) is 11.5 Å². The first-order valence-electron chi connectivity index (χ1n) is 11.9. The van der Waals surface area contributed by atoms with Gasteiger partial charge >= 0.3 is 0 Å². The van der Waals surface area contributed by atoms with E-state index in [2.05, 4.69) is 26.0 Å². The molecule has 8 nitrogen and oxygen atoms in total. The van der Waals surface area contributed by atoms with Crippen LogP contribution in [0.4, 0.5) is 0 Å². The van der Waals surface area contributed by atoms with Crippen molar-refractivity contribution in [2.75, 3.05) is 33.6 Å². The number of benzene rings is 2. The highest BCUT2D eigenvalue weighted by Gasteiger charge is 2.35. The maximum Gasteiger partial charge on any atom is 0.262 e. The van der Waals surface area contributed by atoms with Crippen molar-refractivity contribution in [2.45, 2.75) is 40.2 Å².